The van der Waals surface area contributed by atoms with Crippen molar-refractivity contribution in [1.82, 2.24) is 0 Å². The van der Waals surface area contributed by atoms with Gasteiger partial charge in [-0.3, -0.25) is 0 Å². The van der Waals surface area contributed by atoms with Crippen LogP contribution in [0.2, 0.25) is 0 Å². The molecule has 1 fully saturated rings. The second kappa shape index (κ2) is 18.4. The van der Waals surface area contributed by atoms with Gasteiger partial charge in [-0.15, -0.1) is 0 Å². The van der Waals surface area contributed by atoms with Crippen molar-refractivity contribution in [2.24, 2.45) is 0 Å². The summed E-state index contributed by atoms with van der Waals surface area (Å²) in [5.74, 6) is 0. The first kappa shape index (κ1) is 24.6. The minimum absolute atomic E-state index is 0.586. The van der Waals surface area contributed by atoms with Crippen LogP contribution in [0.15, 0.2) is 0 Å². The SMILES string of the molecule is C1COCCOCCOCCOCCOCCO1.[Cl][Pt]([Cl])([Cl])[Cl]. The number of rotatable bonds is 0. The van der Waals surface area contributed by atoms with Crippen molar-refractivity contribution in [2.75, 3.05) is 79.3 Å². The van der Waals surface area contributed by atoms with Gasteiger partial charge in [-0.05, 0) is 0 Å². The Morgan fingerprint density at radius 1 is 0.348 bits per heavy atom. The number of hydrogen-bond acceptors (Lipinski definition) is 6. The third-order valence-electron chi connectivity index (χ3n) is 2.23. The van der Waals surface area contributed by atoms with E-state index in [0.29, 0.717) is 79.3 Å². The Morgan fingerprint density at radius 3 is 0.522 bits per heavy atom. The maximum atomic E-state index is 5.33. The Morgan fingerprint density at radius 2 is 0.435 bits per heavy atom. The third kappa shape index (κ3) is 28.7. The number of hydrogen-bond donors (Lipinski definition) is 0. The number of halogens is 4. The Hall–Kier alpha value is 1.61. The first-order valence-corrected chi connectivity index (χ1v) is 18.2. The molecule has 23 heavy (non-hydrogen) atoms. The summed E-state index contributed by atoms with van der Waals surface area (Å²) in [5, 5.41) is 0. The second-order valence-electron chi connectivity index (χ2n) is 3.95. The summed E-state index contributed by atoms with van der Waals surface area (Å²) < 4.78 is 32.0. The van der Waals surface area contributed by atoms with Gasteiger partial charge >= 0.3 is 49.6 Å². The molecular weight excluding hydrogens is 577 g/mol. The van der Waals surface area contributed by atoms with Crippen molar-refractivity contribution in [3.63, 3.8) is 0 Å². The van der Waals surface area contributed by atoms with E-state index in [-0.39, 0.29) is 0 Å². The summed E-state index contributed by atoms with van der Waals surface area (Å²) in [6.45, 7) is 7.04. The molecule has 0 aliphatic carbocycles. The van der Waals surface area contributed by atoms with Crippen LogP contribution in [0.1, 0.15) is 0 Å². The Kier molecular flexibility index (Phi) is 19.7. The predicted molar refractivity (Wildman–Crippen MR) is 88.3 cm³/mol. The molecule has 0 aromatic rings. The van der Waals surface area contributed by atoms with E-state index in [0.717, 1.165) is 0 Å². The Balaban J connectivity index is 0.000000841. The molecule has 0 radical (unpaired) electrons. The van der Waals surface area contributed by atoms with Gasteiger partial charge in [0.05, 0.1) is 79.3 Å². The summed E-state index contributed by atoms with van der Waals surface area (Å²) in [5.41, 5.74) is 0. The zero-order chi connectivity index (χ0) is 17.2. The van der Waals surface area contributed by atoms with Gasteiger partial charge in [0.25, 0.3) is 0 Å². The fraction of sp³-hybridized carbons (Fsp3) is 1.00. The molecule has 1 heterocycles. The molecule has 1 aliphatic heterocycles. The van der Waals surface area contributed by atoms with E-state index in [1.807, 2.05) is 0 Å². The van der Waals surface area contributed by atoms with Gasteiger partial charge in [-0.1, -0.05) is 0 Å². The molecule has 1 saturated heterocycles. The Labute approximate surface area is 156 Å². The van der Waals surface area contributed by atoms with Crippen LogP contribution in [-0.4, -0.2) is 79.3 Å². The molecule has 0 unspecified atom stereocenters. The second-order valence-corrected chi connectivity index (χ2v) is 23.6. The van der Waals surface area contributed by atoms with E-state index < -0.39 is 11.9 Å². The van der Waals surface area contributed by atoms with E-state index in [1.54, 1.807) is 0 Å². The molecule has 0 amide bonds. The van der Waals surface area contributed by atoms with Crippen LogP contribution in [0.5, 0.6) is 0 Å². The van der Waals surface area contributed by atoms with Gasteiger partial charge in [0.15, 0.2) is 0 Å². The summed E-state index contributed by atoms with van der Waals surface area (Å²) in [6.07, 6.45) is 0. The topological polar surface area (TPSA) is 55.4 Å². The molecule has 0 saturated carbocycles. The van der Waals surface area contributed by atoms with Gasteiger partial charge in [0.2, 0.25) is 0 Å². The Bertz CT molecular complexity index is 167. The molecular formula is C12H24Cl4O6Pt. The average Bonchev–Trinajstić information content (AvgIpc) is 2.46. The van der Waals surface area contributed by atoms with E-state index in [4.69, 9.17) is 66.1 Å². The van der Waals surface area contributed by atoms with Crippen molar-refractivity contribution in [3.8, 4) is 0 Å². The average molecular weight is 601 g/mol. The van der Waals surface area contributed by atoms with E-state index in [1.165, 1.54) is 0 Å². The van der Waals surface area contributed by atoms with Crippen LogP contribution >= 0.6 is 37.7 Å². The van der Waals surface area contributed by atoms with Crippen molar-refractivity contribution >= 4 is 37.7 Å². The van der Waals surface area contributed by atoms with Crippen LogP contribution in [-0.2, 0) is 40.3 Å². The van der Waals surface area contributed by atoms with Crippen LogP contribution in [0, 0.1) is 0 Å². The van der Waals surface area contributed by atoms with Crippen molar-refractivity contribution in [3.05, 3.63) is 0 Å². The van der Waals surface area contributed by atoms with E-state index >= 15 is 0 Å². The summed E-state index contributed by atoms with van der Waals surface area (Å²) in [4.78, 5) is 0. The number of ether oxygens (including phenoxy) is 6. The molecule has 0 bridgehead atoms. The molecule has 0 spiro atoms. The van der Waals surface area contributed by atoms with Gasteiger partial charge in [-0.2, -0.15) is 0 Å². The predicted octanol–water partition coefficient (Wildman–Crippen LogP) is 2.86. The first-order valence-electron chi connectivity index (χ1n) is 6.94. The normalized spacial score (nSPS) is 22.1. The van der Waals surface area contributed by atoms with Crippen molar-refractivity contribution < 1.29 is 40.3 Å². The molecule has 1 rings (SSSR count). The molecule has 1 aliphatic rings. The van der Waals surface area contributed by atoms with Crippen molar-refractivity contribution in [2.45, 2.75) is 0 Å². The summed E-state index contributed by atoms with van der Waals surface area (Å²) in [7, 11) is 20.0. The molecule has 146 valence electrons. The monoisotopic (exact) mass is 599 g/mol. The fourth-order valence-electron chi connectivity index (χ4n) is 1.32. The van der Waals surface area contributed by atoms with Crippen LogP contribution in [0.25, 0.3) is 0 Å². The van der Waals surface area contributed by atoms with E-state index in [9.17, 15) is 0 Å². The molecule has 0 N–H and O–H groups in total. The zero-order valence-electron chi connectivity index (χ0n) is 12.8. The van der Waals surface area contributed by atoms with Gasteiger partial charge < -0.3 is 28.4 Å². The van der Waals surface area contributed by atoms with Crippen LogP contribution in [0.4, 0.5) is 0 Å². The molecule has 11 heteroatoms. The summed E-state index contributed by atoms with van der Waals surface area (Å²) >= 11 is -3.06. The quantitative estimate of drug-likeness (QED) is 0.426. The van der Waals surface area contributed by atoms with Gasteiger partial charge in [0.1, 0.15) is 0 Å². The molecule has 6 nitrogen and oxygen atoms in total. The zero-order valence-corrected chi connectivity index (χ0v) is 18.1. The third-order valence-corrected chi connectivity index (χ3v) is 2.23. The van der Waals surface area contributed by atoms with Crippen LogP contribution in [0.3, 0.4) is 0 Å². The molecule has 0 aromatic carbocycles. The van der Waals surface area contributed by atoms with Gasteiger partial charge in [-0.25, -0.2) is 0 Å². The van der Waals surface area contributed by atoms with E-state index in [2.05, 4.69) is 0 Å². The van der Waals surface area contributed by atoms with Gasteiger partial charge in [0, 0.05) is 0 Å². The van der Waals surface area contributed by atoms with Crippen LogP contribution < -0.4 is 0 Å². The maximum absolute atomic E-state index is 5.33. The molecule has 0 aromatic heterocycles. The van der Waals surface area contributed by atoms with Crippen molar-refractivity contribution in [1.29, 1.82) is 0 Å². The summed E-state index contributed by atoms with van der Waals surface area (Å²) in [6, 6.07) is 0. The molecule has 0 atom stereocenters. The fourth-order valence-corrected chi connectivity index (χ4v) is 1.32. The first-order chi connectivity index (χ1) is 11.0. The minimum atomic E-state index is -3.06. The standard InChI is InChI=1S/C12H24O6.4ClH.Pt/c1-2-14-5-6-16-9-10-18-12-11-17-8-7-15-4-3-13-1;;;;;/h1-12H2;4*1H;/q;;;;;+4/p-4.